The first-order valence-corrected chi connectivity index (χ1v) is 10.7. The average molecular weight is 422 g/mol. The molecule has 31 heavy (non-hydrogen) atoms. The van der Waals surface area contributed by atoms with E-state index in [1.165, 1.54) is 32.1 Å². The Morgan fingerprint density at radius 3 is 2.81 bits per heavy atom. The van der Waals surface area contributed by atoms with Crippen molar-refractivity contribution in [1.82, 2.24) is 19.7 Å². The number of amides is 1. The zero-order chi connectivity index (χ0) is 21.6. The number of benzene rings is 1. The van der Waals surface area contributed by atoms with Crippen molar-refractivity contribution in [2.45, 2.75) is 38.6 Å². The van der Waals surface area contributed by atoms with Gasteiger partial charge in [0.25, 0.3) is 0 Å². The lowest BCUT2D eigenvalue weighted by molar-refractivity contribution is -0.0185. The van der Waals surface area contributed by atoms with Crippen LogP contribution < -0.4 is 21.5 Å². The van der Waals surface area contributed by atoms with Crippen LogP contribution in [0.4, 0.5) is 11.8 Å². The van der Waals surface area contributed by atoms with Gasteiger partial charge in [-0.25, -0.2) is 4.98 Å². The Morgan fingerprint density at radius 2 is 2.13 bits per heavy atom. The number of primary amides is 1. The maximum Gasteiger partial charge on any atom is 0.248 e. The Labute approximate surface area is 180 Å². The highest BCUT2D eigenvalue weighted by Gasteiger charge is 2.47. The van der Waals surface area contributed by atoms with Gasteiger partial charge in [0, 0.05) is 17.7 Å². The molecule has 2 aromatic heterocycles. The highest BCUT2D eigenvalue weighted by molar-refractivity contribution is 5.93. The van der Waals surface area contributed by atoms with Crippen LogP contribution in [0.5, 0.6) is 5.75 Å². The minimum absolute atomic E-state index is 0.224. The molecular weight excluding hydrogens is 394 g/mol. The van der Waals surface area contributed by atoms with E-state index in [0.29, 0.717) is 40.5 Å². The number of fused-ring (bicyclic) bond motifs is 1. The van der Waals surface area contributed by atoms with E-state index in [1.807, 2.05) is 10.7 Å². The fourth-order valence-corrected chi connectivity index (χ4v) is 5.09. The molecule has 1 amide bonds. The van der Waals surface area contributed by atoms with E-state index in [4.69, 9.17) is 16.2 Å². The number of methoxy groups -OCH3 is 1. The molecule has 0 unspecified atom stereocenters. The van der Waals surface area contributed by atoms with Crippen molar-refractivity contribution in [2.75, 3.05) is 24.7 Å². The topological polar surface area (TPSA) is 134 Å². The first-order chi connectivity index (χ1) is 15.0. The summed E-state index contributed by atoms with van der Waals surface area (Å²) in [4.78, 5) is 20.3. The molecule has 0 radical (unpaired) electrons. The number of carbonyl (C=O) groups excluding carboxylic acids is 1. The third-order valence-corrected chi connectivity index (χ3v) is 6.81. The van der Waals surface area contributed by atoms with Gasteiger partial charge in [-0.2, -0.15) is 10.1 Å². The SMILES string of the molecule is COc1cc(C(N)=O)ccc1Cn1ncc2nc(N)nc(NCC3CC4(CCC4)C3)c21. The number of hydrogen-bond donors (Lipinski definition) is 3. The van der Waals surface area contributed by atoms with Crippen molar-refractivity contribution >= 4 is 28.7 Å². The number of nitrogens with two attached hydrogens (primary N) is 2. The molecule has 0 aliphatic heterocycles. The average Bonchev–Trinajstić information content (AvgIpc) is 3.08. The molecule has 9 heteroatoms. The van der Waals surface area contributed by atoms with E-state index in [2.05, 4.69) is 20.4 Å². The molecule has 3 aromatic rings. The summed E-state index contributed by atoms with van der Waals surface area (Å²) in [6.45, 7) is 1.30. The van der Waals surface area contributed by atoms with E-state index in [1.54, 1.807) is 25.4 Å². The lowest BCUT2D eigenvalue weighted by atomic mass is 9.52. The molecule has 2 saturated carbocycles. The molecule has 5 N–H and O–H groups in total. The van der Waals surface area contributed by atoms with E-state index in [0.717, 1.165) is 17.6 Å². The Balaban J connectivity index is 1.40. The molecule has 2 heterocycles. The van der Waals surface area contributed by atoms with Gasteiger partial charge in [0.15, 0.2) is 5.82 Å². The molecule has 9 nitrogen and oxygen atoms in total. The molecule has 162 valence electrons. The van der Waals surface area contributed by atoms with Crippen LogP contribution in [-0.4, -0.2) is 39.3 Å². The van der Waals surface area contributed by atoms with Crippen LogP contribution in [-0.2, 0) is 6.54 Å². The molecule has 2 aliphatic rings. The Bertz CT molecular complexity index is 1140. The third kappa shape index (κ3) is 3.54. The largest absolute Gasteiger partial charge is 0.496 e. The quantitative estimate of drug-likeness (QED) is 0.534. The molecule has 2 fully saturated rings. The number of nitrogens with one attached hydrogen (secondary N) is 1. The number of ether oxygens (including phenoxy) is 1. The van der Waals surface area contributed by atoms with Gasteiger partial charge in [-0.1, -0.05) is 12.5 Å². The lowest BCUT2D eigenvalue weighted by Gasteiger charge is -2.54. The van der Waals surface area contributed by atoms with Gasteiger partial charge >= 0.3 is 0 Å². The van der Waals surface area contributed by atoms with Gasteiger partial charge in [0.05, 0.1) is 19.9 Å². The van der Waals surface area contributed by atoms with Crippen LogP contribution >= 0.6 is 0 Å². The van der Waals surface area contributed by atoms with Crippen LogP contribution in [0.3, 0.4) is 0 Å². The van der Waals surface area contributed by atoms with Gasteiger partial charge in [0.2, 0.25) is 11.9 Å². The lowest BCUT2D eigenvalue weighted by Crippen LogP contribution is -2.45. The molecule has 1 aromatic carbocycles. The maximum atomic E-state index is 11.5. The molecule has 0 atom stereocenters. The standard InChI is InChI=1S/C22H27N7O2/c1-31-17-7-14(19(23)30)3-4-15(17)12-29-18-16(11-26-29)27-21(24)28-20(18)25-10-13-8-22(9-13)5-2-6-22/h3-4,7,11,13H,2,5-6,8-10,12H2,1H3,(H2,23,30)(H3,24,25,27,28). The van der Waals surface area contributed by atoms with E-state index < -0.39 is 5.91 Å². The van der Waals surface area contributed by atoms with Crippen LogP contribution in [0.2, 0.25) is 0 Å². The summed E-state index contributed by atoms with van der Waals surface area (Å²) < 4.78 is 7.29. The van der Waals surface area contributed by atoms with Crippen molar-refractivity contribution in [3.63, 3.8) is 0 Å². The summed E-state index contributed by atoms with van der Waals surface area (Å²) >= 11 is 0. The van der Waals surface area contributed by atoms with E-state index in [9.17, 15) is 4.79 Å². The minimum Gasteiger partial charge on any atom is -0.496 e. The van der Waals surface area contributed by atoms with Crippen molar-refractivity contribution in [3.8, 4) is 5.75 Å². The number of rotatable bonds is 7. The van der Waals surface area contributed by atoms with Gasteiger partial charge in [-0.05, 0) is 49.1 Å². The van der Waals surface area contributed by atoms with Gasteiger partial charge < -0.3 is 21.5 Å². The van der Waals surface area contributed by atoms with E-state index >= 15 is 0 Å². The van der Waals surface area contributed by atoms with Crippen molar-refractivity contribution in [2.24, 2.45) is 17.1 Å². The fourth-order valence-electron chi connectivity index (χ4n) is 5.09. The summed E-state index contributed by atoms with van der Waals surface area (Å²) in [5, 5.41) is 8.00. The Morgan fingerprint density at radius 1 is 1.32 bits per heavy atom. The molecule has 2 aliphatic carbocycles. The number of nitrogen functional groups attached to an aromatic ring is 1. The zero-order valence-electron chi connectivity index (χ0n) is 17.6. The van der Waals surface area contributed by atoms with Crippen LogP contribution in [0.15, 0.2) is 24.4 Å². The molecule has 1 spiro atoms. The zero-order valence-corrected chi connectivity index (χ0v) is 17.6. The number of hydrogen-bond acceptors (Lipinski definition) is 7. The summed E-state index contributed by atoms with van der Waals surface area (Å²) in [5.41, 5.74) is 14.7. The predicted octanol–water partition coefficient (Wildman–Crippen LogP) is 2.56. The number of anilines is 2. The number of carbonyl (C=O) groups is 1. The summed E-state index contributed by atoms with van der Waals surface area (Å²) in [7, 11) is 1.56. The first-order valence-electron chi connectivity index (χ1n) is 10.7. The van der Waals surface area contributed by atoms with Gasteiger partial charge in [0.1, 0.15) is 16.8 Å². The summed E-state index contributed by atoms with van der Waals surface area (Å²) in [6.07, 6.45) is 8.44. The second kappa shape index (κ2) is 7.40. The minimum atomic E-state index is -0.496. The van der Waals surface area contributed by atoms with Crippen molar-refractivity contribution < 1.29 is 9.53 Å². The van der Waals surface area contributed by atoms with Gasteiger partial charge in [-0.3, -0.25) is 9.48 Å². The summed E-state index contributed by atoms with van der Waals surface area (Å²) in [5.74, 6) is 1.67. The molecule has 0 bridgehead atoms. The smallest absolute Gasteiger partial charge is 0.248 e. The summed E-state index contributed by atoms with van der Waals surface area (Å²) in [6, 6.07) is 5.15. The normalized spacial score (nSPS) is 17.3. The molecule has 5 rings (SSSR count). The van der Waals surface area contributed by atoms with Crippen LogP contribution in [0.25, 0.3) is 11.0 Å². The number of nitrogens with zero attached hydrogens (tertiary/aromatic N) is 4. The highest BCUT2D eigenvalue weighted by Crippen LogP contribution is 2.58. The highest BCUT2D eigenvalue weighted by atomic mass is 16.5. The fraction of sp³-hybridized carbons (Fsp3) is 0.455. The van der Waals surface area contributed by atoms with Crippen LogP contribution in [0.1, 0.15) is 48.0 Å². The number of aromatic nitrogens is 4. The predicted molar refractivity (Wildman–Crippen MR) is 118 cm³/mol. The maximum absolute atomic E-state index is 11.5. The Kier molecular flexibility index (Phi) is 4.68. The van der Waals surface area contributed by atoms with Crippen molar-refractivity contribution in [1.29, 1.82) is 0 Å². The van der Waals surface area contributed by atoms with Crippen molar-refractivity contribution in [3.05, 3.63) is 35.5 Å². The second-order valence-corrected chi connectivity index (χ2v) is 8.87. The second-order valence-electron chi connectivity index (χ2n) is 8.87. The monoisotopic (exact) mass is 421 g/mol. The van der Waals surface area contributed by atoms with Crippen LogP contribution in [0, 0.1) is 11.3 Å². The van der Waals surface area contributed by atoms with E-state index in [-0.39, 0.29) is 5.95 Å². The molecule has 0 saturated heterocycles. The first kappa shape index (κ1) is 19.6. The third-order valence-electron chi connectivity index (χ3n) is 6.81. The molecular formula is C22H27N7O2. The Hall–Kier alpha value is -3.36. The van der Waals surface area contributed by atoms with Gasteiger partial charge in [-0.15, -0.1) is 0 Å².